The van der Waals surface area contributed by atoms with E-state index >= 15 is 0 Å². The van der Waals surface area contributed by atoms with E-state index in [2.05, 4.69) is 10.3 Å². The third-order valence-corrected chi connectivity index (χ3v) is 4.55. The number of anilines is 1. The van der Waals surface area contributed by atoms with Crippen LogP contribution in [-0.2, 0) is 4.79 Å². The Hall–Kier alpha value is -3.48. The van der Waals surface area contributed by atoms with Crippen molar-refractivity contribution < 1.29 is 9.18 Å². The Morgan fingerprint density at radius 1 is 1.15 bits per heavy atom. The fourth-order valence-corrected chi connectivity index (χ4v) is 3.28. The van der Waals surface area contributed by atoms with E-state index in [1.54, 1.807) is 18.4 Å². The number of carbonyl (C=O) groups excluding carboxylic acids is 1. The first kappa shape index (κ1) is 17.0. The van der Waals surface area contributed by atoms with Crippen LogP contribution >= 0.6 is 0 Å². The number of benzene rings is 2. The lowest BCUT2D eigenvalue weighted by Crippen LogP contribution is -2.27. The topological polar surface area (TPSA) is 68.4 Å². The molecule has 0 fully saturated rings. The van der Waals surface area contributed by atoms with Crippen LogP contribution in [0.1, 0.15) is 18.7 Å². The maximum Gasteiger partial charge on any atom is 0.273 e. The molecule has 0 radical (unpaired) electrons. The van der Waals surface area contributed by atoms with E-state index in [0.29, 0.717) is 17.0 Å². The molecule has 1 N–H and O–H groups in total. The third kappa shape index (κ3) is 2.87. The predicted octanol–water partition coefficient (Wildman–Crippen LogP) is 3.30. The Bertz CT molecular complexity index is 1220. The molecule has 1 amide bonds. The second-order valence-electron chi connectivity index (χ2n) is 6.41. The normalized spacial score (nSPS) is 12.4. The molecule has 0 aliphatic rings. The van der Waals surface area contributed by atoms with Crippen LogP contribution in [0, 0.1) is 12.7 Å². The van der Waals surface area contributed by atoms with Gasteiger partial charge < -0.3 is 5.32 Å². The van der Waals surface area contributed by atoms with Gasteiger partial charge in [-0.15, -0.1) is 0 Å². The van der Waals surface area contributed by atoms with Gasteiger partial charge in [0.05, 0.1) is 5.52 Å². The summed E-state index contributed by atoms with van der Waals surface area (Å²) < 4.78 is 16.7. The minimum atomic E-state index is -0.597. The molecule has 0 saturated carbocycles. The van der Waals surface area contributed by atoms with Gasteiger partial charge in [-0.2, -0.15) is 4.98 Å². The SMILES string of the molecule is Cc1cc(=O)nc2c3ccccc3n([C@H](C)C(=O)Nc3ccc(F)cc3)n12. The highest BCUT2D eigenvalue weighted by atomic mass is 19.1. The number of fused-ring (bicyclic) bond motifs is 3. The molecule has 4 aromatic rings. The molecule has 1 atom stereocenters. The molecular formula is C20H17FN4O2. The summed E-state index contributed by atoms with van der Waals surface area (Å²) in [6.45, 7) is 3.57. The molecule has 0 unspecified atom stereocenters. The van der Waals surface area contributed by atoms with Gasteiger partial charge in [0.25, 0.3) is 5.56 Å². The minimum Gasteiger partial charge on any atom is -0.324 e. The number of halogens is 1. The van der Waals surface area contributed by atoms with Crippen LogP contribution in [0.25, 0.3) is 16.6 Å². The van der Waals surface area contributed by atoms with E-state index in [1.807, 2.05) is 28.9 Å². The largest absolute Gasteiger partial charge is 0.324 e. The van der Waals surface area contributed by atoms with E-state index in [1.165, 1.54) is 30.3 Å². The van der Waals surface area contributed by atoms with Crippen molar-refractivity contribution in [3.63, 3.8) is 0 Å². The van der Waals surface area contributed by atoms with Crippen LogP contribution in [-0.4, -0.2) is 20.1 Å². The first-order valence-electron chi connectivity index (χ1n) is 8.52. The summed E-state index contributed by atoms with van der Waals surface area (Å²) in [5.74, 6) is -0.628. The molecule has 7 heteroatoms. The standard InChI is InChI=1S/C20H17FN4O2/c1-12-11-18(26)23-19-16-5-3-4-6-17(16)25(24(12)19)13(2)20(27)22-15-9-7-14(21)8-10-15/h3-11,13H,1-2H3,(H,22,27)/t13-/m1/s1. The zero-order valence-corrected chi connectivity index (χ0v) is 14.8. The van der Waals surface area contributed by atoms with Crippen molar-refractivity contribution in [1.29, 1.82) is 0 Å². The fraction of sp³-hybridized carbons (Fsp3) is 0.150. The molecule has 6 nitrogen and oxygen atoms in total. The number of aromatic nitrogens is 3. The summed E-state index contributed by atoms with van der Waals surface area (Å²) in [5, 5.41) is 3.59. The van der Waals surface area contributed by atoms with Crippen molar-refractivity contribution in [1.82, 2.24) is 14.2 Å². The number of nitrogens with zero attached hydrogens (tertiary/aromatic N) is 3. The quantitative estimate of drug-likeness (QED) is 0.606. The predicted molar refractivity (Wildman–Crippen MR) is 101 cm³/mol. The fourth-order valence-electron chi connectivity index (χ4n) is 3.28. The van der Waals surface area contributed by atoms with Crippen LogP contribution in [0.15, 0.2) is 59.4 Å². The molecule has 2 aromatic heterocycles. The summed E-state index contributed by atoms with van der Waals surface area (Å²) >= 11 is 0. The third-order valence-electron chi connectivity index (χ3n) is 4.55. The summed E-state index contributed by atoms with van der Waals surface area (Å²) in [7, 11) is 0. The van der Waals surface area contributed by atoms with Gasteiger partial charge in [-0.3, -0.25) is 14.3 Å². The van der Waals surface area contributed by atoms with Gasteiger partial charge in [0.1, 0.15) is 11.9 Å². The lowest BCUT2D eigenvalue weighted by Gasteiger charge is -2.18. The summed E-state index contributed by atoms with van der Waals surface area (Å²) in [6, 6.07) is 13.9. The Balaban J connectivity index is 1.85. The number of carbonyl (C=O) groups is 1. The summed E-state index contributed by atoms with van der Waals surface area (Å²) in [5.41, 5.74) is 2.18. The van der Waals surface area contributed by atoms with Crippen molar-refractivity contribution in [2.75, 3.05) is 5.32 Å². The van der Waals surface area contributed by atoms with Gasteiger partial charge >= 0.3 is 0 Å². The van der Waals surface area contributed by atoms with Crippen molar-refractivity contribution in [2.24, 2.45) is 0 Å². The van der Waals surface area contributed by atoms with Crippen molar-refractivity contribution in [3.8, 4) is 0 Å². The van der Waals surface area contributed by atoms with Crippen LogP contribution in [0.3, 0.4) is 0 Å². The highest BCUT2D eigenvalue weighted by Crippen LogP contribution is 2.25. The maximum atomic E-state index is 13.1. The van der Waals surface area contributed by atoms with E-state index in [-0.39, 0.29) is 17.3 Å². The van der Waals surface area contributed by atoms with Gasteiger partial charge in [0, 0.05) is 22.8 Å². The van der Waals surface area contributed by atoms with E-state index in [0.717, 1.165) is 10.9 Å². The second-order valence-corrected chi connectivity index (χ2v) is 6.41. The van der Waals surface area contributed by atoms with Crippen LogP contribution in [0.2, 0.25) is 0 Å². The zero-order valence-electron chi connectivity index (χ0n) is 14.8. The minimum absolute atomic E-state index is 0.262. The Morgan fingerprint density at radius 3 is 2.59 bits per heavy atom. The van der Waals surface area contributed by atoms with E-state index in [9.17, 15) is 14.0 Å². The summed E-state index contributed by atoms with van der Waals surface area (Å²) in [6.07, 6.45) is 0. The number of nitrogens with one attached hydrogen (secondary N) is 1. The maximum absolute atomic E-state index is 13.1. The molecule has 0 bridgehead atoms. The van der Waals surface area contributed by atoms with Crippen molar-refractivity contribution in [2.45, 2.75) is 19.9 Å². The zero-order chi connectivity index (χ0) is 19.1. The van der Waals surface area contributed by atoms with Gasteiger partial charge in [-0.05, 0) is 50.2 Å². The highest BCUT2D eigenvalue weighted by Gasteiger charge is 2.22. The first-order valence-corrected chi connectivity index (χ1v) is 8.52. The Kier molecular flexibility index (Phi) is 3.99. The lowest BCUT2D eigenvalue weighted by atomic mass is 10.2. The van der Waals surface area contributed by atoms with E-state index in [4.69, 9.17) is 0 Å². The van der Waals surface area contributed by atoms with Crippen LogP contribution in [0.4, 0.5) is 10.1 Å². The van der Waals surface area contributed by atoms with Gasteiger partial charge in [-0.25, -0.2) is 8.91 Å². The smallest absolute Gasteiger partial charge is 0.273 e. The molecule has 0 aliphatic heterocycles. The Labute approximate surface area is 153 Å². The molecular weight excluding hydrogens is 347 g/mol. The number of hydrogen-bond acceptors (Lipinski definition) is 3. The second kappa shape index (κ2) is 6.35. The van der Waals surface area contributed by atoms with Gasteiger partial charge in [0.15, 0.2) is 5.65 Å². The molecule has 0 spiro atoms. The molecule has 2 aromatic carbocycles. The summed E-state index contributed by atoms with van der Waals surface area (Å²) in [4.78, 5) is 28.9. The van der Waals surface area contributed by atoms with Crippen LogP contribution < -0.4 is 10.9 Å². The van der Waals surface area contributed by atoms with Gasteiger partial charge in [-0.1, -0.05) is 12.1 Å². The highest BCUT2D eigenvalue weighted by molar-refractivity contribution is 5.97. The van der Waals surface area contributed by atoms with Crippen molar-refractivity contribution in [3.05, 3.63) is 76.5 Å². The molecule has 0 aliphatic carbocycles. The van der Waals surface area contributed by atoms with E-state index < -0.39 is 6.04 Å². The number of hydrogen-bond donors (Lipinski definition) is 1. The number of para-hydroxylation sites is 1. The lowest BCUT2D eigenvalue weighted by molar-refractivity contribution is -0.119. The molecule has 136 valence electrons. The molecule has 4 rings (SSSR count). The molecule has 2 heterocycles. The first-order chi connectivity index (χ1) is 13.0. The average molecular weight is 364 g/mol. The van der Waals surface area contributed by atoms with Gasteiger partial charge in [0.2, 0.25) is 5.91 Å². The number of amides is 1. The van der Waals surface area contributed by atoms with Crippen molar-refractivity contribution >= 4 is 28.1 Å². The Morgan fingerprint density at radius 2 is 1.85 bits per heavy atom. The number of aryl methyl sites for hydroxylation is 1. The number of rotatable bonds is 3. The molecule has 0 saturated heterocycles. The van der Waals surface area contributed by atoms with Crippen LogP contribution in [0.5, 0.6) is 0 Å². The molecule has 27 heavy (non-hydrogen) atoms. The average Bonchev–Trinajstić information content (AvgIpc) is 2.98. The monoisotopic (exact) mass is 364 g/mol.